The topological polar surface area (TPSA) is 66.9 Å². The molecule has 1 amide bonds. The van der Waals surface area contributed by atoms with Crippen LogP contribution in [-0.2, 0) is 6.54 Å². The van der Waals surface area contributed by atoms with E-state index in [-0.39, 0.29) is 17.5 Å². The summed E-state index contributed by atoms with van der Waals surface area (Å²) < 4.78 is 1.77. The van der Waals surface area contributed by atoms with Crippen LogP contribution in [0.1, 0.15) is 49.9 Å². The zero-order valence-electron chi connectivity index (χ0n) is 14.8. The highest BCUT2D eigenvalue weighted by molar-refractivity contribution is 7.71. The Labute approximate surface area is 152 Å². The summed E-state index contributed by atoms with van der Waals surface area (Å²) in [5.74, 6) is -0.138. The van der Waals surface area contributed by atoms with E-state index in [9.17, 15) is 9.59 Å². The molecule has 0 saturated carbocycles. The van der Waals surface area contributed by atoms with Gasteiger partial charge in [-0.1, -0.05) is 32.3 Å². The van der Waals surface area contributed by atoms with Gasteiger partial charge in [-0.3, -0.25) is 14.2 Å². The summed E-state index contributed by atoms with van der Waals surface area (Å²) in [5.41, 5.74) is 0.904. The Hall–Kier alpha value is -2.21. The van der Waals surface area contributed by atoms with Crippen molar-refractivity contribution in [2.24, 2.45) is 0 Å². The van der Waals surface area contributed by atoms with Crippen LogP contribution in [0.4, 0.5) is 0 Å². The number of unbranched alkanes of at least 4 members (excludes halogenated alkanes) is 2. The Morgan fingerprint density at radius 1 is 1.44 bits per heavy atom. The molecule has 0 aliphatic carbocycles. The Bertz CT molecular complexity index is 882. The van der Waals surface area contributed by atoms with Crippen molar-refractivity contribution in [2.45, 2.75) is 52.1 Å². The number of hydrogen-bond acceptors (Lipinski definition) is 3. The number of allylic oxidation sites excluding steroid dienone is 1. The number of nitrogens with one attached hydrogen (secondary N) is 2. The van der Waals surface area contributed by atoms with Gasteiger partial charge >= 0.3 is 0 Å². The Morgan fingerprint density at radius 3 is 2.88 bits per heavy atom. The first-order valence-electron chi connectivity index (χ1n) is 8.66. The number of rotatable bonds is 8. The maximum atomic E-state index is 12.5. The van der Waals surface area contributed by atoms with Crippen LogP contribution >= 0.6 is 12.2 Å². The first-order valence-corrected chi connectivity index (χ1v) is 9.07. The second-order valence-corrected chi connectivity index (χ2v) is 6.65. The van der Waals surface area contributed by atoms with E-state index >= 15 is 0 Å². The molecule has 1 atom stereocenters. The van der Waals surface area contributed by atoms with Crippen molar-refractivity contribution < 1.29 is 4.79 Å². The maximum absolute atomic E-state index is 12.5. The molecule has 0 saturated heterocycles. The number of aromatic nitrogens is 2. The van der Waals surface area contributed by atoms with Gasteiger partial charge in [-0.15, -0.1) is 6.58 Å². The molecule has 0 aliphatic heterocycles. The third kappa shape index (κ3) is 4.66. The van der Waals surface area contributed by atoms with E-state index in [0.717, 1.165) is 19.3 Å². The fraction of sp³-hybridized carbons (Fsp3) is 0.421. The third-order valence-corrected chi connectivity index (χ3v) is 4.50. The van der Waals surface area contributed by atoms with Crippen LogP contribution in [0.5, 0.6) is 0 Å². The largest absolute Gasteiger partial charge is 0.350 e. The molecule has 1 aromatic carbocycles. The normalized spacial score (nSPS) is 12.1. The van der Waals surface area contributed by atoms with Crippen LogP contribution in [0.2, 0.25) is 0 Å². The summed E-state index contributed by atoms with van der Waals surface area (Å²) in [6.45, 7) is 8.15. The Morgan fingerprint density at radius 2 is 2.20 bits per heavy atom. The molecular weight excluding hydrogens is 334 g/mol. The maximum Gasteiger partial charge on any atom is 0.262 e. The summed E-state index contributed by atoms with van der Waals surface area (Å²) in [5, 5.41) is 3.51. The van der Waals surface area contributed by atoms with Gasteiger partial charge in [0.05, 0.1) is 10.9 Å². The van der Waals surface area contributed by atoms with E-state index in [2.05, 4.69) is 23.8 Å². The van der Waals surface area contributed by atoms with Crippen molar-refractivity contribution in [3.05, 3.63) is 51.5 Å². The fourth-order valence-corrected chi connectivity index (χ4v) is 3.04. The number of nitrogens with zero attached hydrogens (tertiary/aromatic N) is 1. The van der Waals surface area contributed by atoms with Crippen molar-refractivity contribution >= 4 is 29.0 Å². The van der Waals surface area contributed by atoms with Crippen molar-refractivity contribution in [3.8, 4) is 0 Å². The van der Waals surface area contributed by atoms with Gasteiger partial charge in [-0.25, -0.2) is 0 Å². The van der Waals surface area contributed by atoms with Crippen molar-refractivity contribution in [2.75, 3.05) is 0 Å². The lowest BCUT2D eigenvalue weighted by molar-refractivity contribution is 0.0938. The van der Waals surface area contributed by atoms with E-state index in [1.807, 2.05) is 6.92 Å². The van der Waals surface area contributed by atoms with E-state index in [1.165, 1.54) is 11.0 Å². The number of amides is 1. The molecule has 5 nitrogen and oxygen atoms in total. The van der Waals surface area contributed by atoms with E-state index in [0.29, 0.717) is 27.8 Å². The minimum atomic E-state index is -0.182. The van der Waals surface area contributed by atoms with Crippen LogP contribution < -0.4 is 10.9 Å². The molecule has 25 heavy (non-hydrogen) atoms. The molecule has 1 heterocycles. The molecule has 1 unspecified atom stereocenters. The van der Waals surface area contributed by atoms with Gasteiger partial charge in [0.2, 0.25) is 0 Å². The highest BCUT2D eigenvalue weighted by Crippen LogP contribution is 2.12. The second-order valence-electron chi connectivity index (χ2n) is 6.27. The van der Waals surface area contributed by atoms with E-state index in [1.54, 1.807) is 24.3 Å². The summed E-state index contributed by atoms with van der Waals surface area (Å²) in [7, 11) is 0. The van der Waals surface area contributed by atoms with Crippen molar-refractivity contribution in [3.63, 3.8) is 0 Å². The highest BCUT2D eigenvalue weighted by atomic mass is 32.1. The van der Waals surface area contributed by atoms with Crippen LogP contribution in [0.3, 0.4) is 0 Å². The zero-order chi connectivity index (χ0) is 18.4. The van der Waals surface area contributed by atoms with Crippen LogP contribution in [0, 0.1) is 4.77 Å². The van der Waals surface area contributed by atoms with Crippen LogP contribution in [0.15, 0.2) is 35.6 Å². The molecule has 0 bridgehead atoms. The van der Waals surface area contributed by atoms with Crippen LogP contribution in [-0.4, -0.2) is 21.5 Å². The minimum absolute atomic E-state index is 0.119. The molecule has 6 heteroatoms. The second kappa shape index (κ2) is 8.76. The molecule has 134 valence electrons. The van der Waals surface area contributed by atoms with Gasteiger partial charge in [0.25, 0.3) is 11.5 Å². The SMILES string of the molecule is C=CCn1c(=S)[nH]c2cc(C(=O)NC(C)CCCCC)ccc2c1=O. The molecule has 2 N–H and O–H groups in total. The Kier molecular flexibility index (Phi) is 6.70. The molecule has 2 aromatic rings. The lowest BCUT2D eigenvalue weighted by Gasteiger charge is -2.14. The van der Waals surface area contributed by atoms with Gasteiger partial charge in [0.1, 0.15) is 0 Å². The van der Waals surface area contributed by atoms with Crippen LogP contribution in [0.25, 0.3) is 10.9 Å². The standard InChI is InChI=1S/C19H25N3O2S/c1-4-6-7-8-13(3)20-17(23)14-9-10-15-16(12-14)21-19(25)22(11-5-2)18(15)24/h5,9-10,12-13H,2,4,6-8,11H2,1,3H3,(H,20,23)(H,21,25). The van der Waals surface area contributed by atoms with Gasteiger partial charge in [-0.2, -0.15) is 0 Å². The zero-order valence-corrected chi connectivity index (χ0v) is 15.6. The number of fused-ring (bicyclic) bond motifs is 1. The number of hydrogen-bond donors (Lipinski definition) is 2. The number of carbonyl (C=O) groups excluding carboxylic acids is 1. The van der Waals surface area contributed by atoms with Crippen molar-refractivity contribution in [1.82, 2.24) is 14.9 Å². The Balaban J connectivity index is 2.25. The average Bonchev–Trinajstić information content (AvgIpc) is 2.58. The molecule has 1 aromatic heterocycles. The summed E-state index contributed by atoms with van der Waals surface area (Å²) in [6, 6.07) is 5.14. The molecule has 0 radical (unpaired) electrons. The van der Waals surface area contributed by atoms with Gasteiger partial charge < -0.3 is 10.3 Å². The first kappa shape index (κ1) is 19.1. The number of carbonyl (C=O) groups is 1. The predicted octanol–water partition coefficient (Wildman–Crippen LogP) is 3.94. The first-order chi connectivity index (χ1) is 12.0. The monoisotopic (exact) mass is 359 g/mol. The summed E-state index contributed by atoms with van der Waals surface area (Å²) in [4.78, 5) is 27.9. The van der Waals surface area contributed by atoms with Crippen molar-refractivity contribution in [1.29, 1.82) is 0 Å². The molecular formula is C19H25N3O2S. The number of H-pyrrole nitrogens is 1. The molecule has 0 spiro atoms. The summed E-state index contributed by atoms with van der Waals surface area (Å²) >= 11 is 5.23. The number of benzene rings is 1. The smallest absolute Gasteiger partial charge is 0.262 e. The number of aromatic amines is 1. The average molecular weight is 359 g/mol. The minimum Gasteiger partial charge on any atom is -0.350 e. The lowest BCUT2D eigenvalue weighted by Crippen LogP contribution is -2.32. The quantitative estimate of drug-likeness (QED) is 0.426. The van der Waals surface area contributed by atoms with E-state index in [4.69, 9.17) is 12.2 Å². The van der Waals surface area contributed by atoms with E-state index < -0.39 is 0 Å². The predicted molar refractivity (Wildman–Crippen MR) is 105 cm³/mol. The third-order valence-electron chi connectivity index (χ3n) is 4.17. The molecule has 2 rings (SSSR count). The highest BCUT2D eigenvalue weighted by Gasteiger charge is 2.12. The molecule has 0 fully saturated rings. The van der Waals surface area contributed by atoms with Gasteiger partial charge in [-0.05, 0) is 43.8 Å². The van der Waals surface area contributed by atoms with Gasteiger partial charge in [0, 0.05) is 18.2 Å². The summed E-state index contributed by atoms with van der Waals surface area (Å²) in [6.07, 6.45) is 6.02. The van der Waals surface area contributed by atoms with Gasteiger partial charge in [0.15, 0.2) is 4.77 Å². The molecule has 0 aliphatic rings. The lowest BCUT2D eigenvalue weighted by atomic mass is 10.1. The fourth-order valence-electron chi connectivity index (χ4n) is 2.77.